The van der Waals surface area contributed by atoms with Crippen molar-refractivity contribution in [2.24, 2.45) is 11.8 Å². The van der Waals surface area contributed by atoms with Gasteiger partial charge in [0.05, 0.1) is 6.42 Å². The Labute approximate surface area is 134 Å². The molecule has 1 fully saturated rings. The number of hydrogen-bond donors (Lipinski definition) is 1. The summed E-state index contributed by atoms with van der Waals surface area (Å²) in [6.45, 7) is 4.48. The molecular weight excluding hydrogens is 304 g/mol. The van der Waals surface area contributed by atoms with Gasteiger partial charge >= 0.3 is 5.97 Å². The number of carbonyl (C=O) groups is 2. The SMILES string of the molecule is CC(C)CN(CCC(=O)O)C(=O)C1CC1c1cccc(F)c1F. The summed E-state index contributed by atoms with van der Waals surface area (Å²) in [5, 5.41) is 8.80. The molecule has 0 bridgehead atoms. The van der Waals surface area contributed by atoms with E-state index in [2.05, 4.69) is 0 Å². The molecule has 1 aromatic rings. The van der Waals surface area contributed by atoms with E-state index in [0.717, 1.165) is 6.07 Å². The highest BCUT2D eigenvalue weighted by atomic mass is 19.2. The van der Waals surface area contributed by atoms with Gasteiger partial charge in [0, 0.05) is 19.0 Å². The van der Waals surface area contributed by atoms with Crippen LogP contribution >= 0.6 is 0 Å². The molecule has 6 heteroatoms. The summed E-state index contributed by atoms with van der Waals surface area (Å²) < 4.78 is 27.1. The van der Waals surface area contributed by atoms with Crippen molar-refractivity contribution in [3.63, 3.8) is 0 Å². The molecule has 2 atom stereocenters. The first-order valence-electron chi connectivity index (χ1n) is 7.75. The molecule has 2 unspecified atom stereocenters. The second-order valence-corrected chi connectivity index (χ2v) is 6.41. The van der Waals surface area contributed by atoms with Gasteiger partial charge in [-0.2, -0.15) is 0 Å². The molecule has 2 rings (SSSR count). The molecule has 1 aliphatic rings. The third kappa shape index (κ3) is 4.27. The van der Waals surface area contributed by atoms with Crippen molar-refractivity contribution in [1.29, 1.82) is 0 Å². The Morgan fingerprint density at radius 2 is 2.04 bits per heavy atom. The lowest BCUT2D eigenvalue weighted by molar-refractivity contribution is -0.139. The van der Waals surface area contributed by atoms with E-state index in [1.54, 1.807) is 0 Å². The molecule has 1 amide bonds. The molecule has 1 aromatic carbocycles. The highest BCUT2D eigenvalue weighted by Gasteiger charge is 2.47. The summed E-state index contributed by atoms with van der Waals surface area (Å²) in [6, 6.07) is 3.99. The van der Waals surface area contributed by atoms with Crippen LogP contribution in [0, 0.1) is 23.5 Å². The van der Waals surface area contributed by atoms with Crippen molar-refractivity contribution in [2.45, 2.75) is 32.6 Å². The van der Waals surface area contributed by atoms with E-state index < -0.39 is 17.6 Å². The van der Waals surface area contributed by atoms with Crippen molar-refractivity contribution in [3.05, 3.63) is 35.4 Å². The molecule has 126 valence electrons. The van der Waals surface area contributed by atoms with Crippen molar-refractivity contribution in [1.82, 2.24) is 4.90 Å². The summed E-state index contributed by atoms with van der Waals surface area (Å²) in [5.74, 6) is -3.45. The van der Waals surface area contributed by atoms with Crippen LogP contribution in [0.15, 0.2) is 18.2 Å². The Kier molecular flexibility index (Phi) is 5.34. The maximum Gasteiger partial charge on any atom is 0.305 e. The van der Waals surface area contributed by atoms with Crippen LogP contribution in [0.5, 0.6) is 0 Å². The smallest absolute Gasteiger partial charge is 0.305 e. The van der Waals surface area contributed by atoms with Crippen LogP contribution in [0.2, 0.25) is 0 Å². The van der Waals surface area contributed by atoms with Crippen molar-refractivity contribution < 1.29 is 23.5 Å². The molecular formula is C17H21F2NO3. The monoisotopic (exact) mass is 325 g/mol. The van der Waals surface area contributed by atoms with Gasteiger partial charge in [0.2, 0.25) is 5.91 Å². The third-order valence-electron chi connectivity index (χ3n) is 3.98. The van der Waals surface area contributed by atoms with Crippen LogP contribution in [0.4, 0.5) is 8.78 Å². The molecule has 1 saturated carbocycles. The highest BCUT2D eigenvalue weighted by Crippen LogP contribution is 2.49. The molecule has 0 radical (unpaired) electrons. The van der Waals surface area contributed by atoms with Crippen LogP contribution in [0.25, 0.3) is 0 Å². The number of aliphatic carboxylic acids is 1. The lowest BCUT2D eigenvalue weighted by Crippen LogP contribution is -2.37. The van der Waals surface area contributed by atoms with Gasteiger partial charge in [-0.05, 0) is 29.9 Å². The summed E-state index contributed by atoms with van der Waals surface area (Å²) in [6.07, 6.45) is 0.352. The Hall–Kier alpha value is -1.98. The summed E-state index contributed by atoms with van der Waals surface area (Å²) in [4.78, 5) is 24.8. The predicted octanol–water partition coefficient (Wildman–Crippen LogP) is 3.03. The molecule has 4 nitrogen and oxygen atoms in total. The van der Waals surface area contributed by atoms with E-state index in [9.17, 15) is 18.4 Å². The quantitative estimate of drug-likeness (QED) is 0.838. The summed E-state index contributed by atoms with van der Waals surface area (Å²) in [7, 11) is 0. The zero-order valence-electron chi connectivity index (χ0n) is 13.3. The predicted molar refractivity (Wildman–Crippen MR) is 80.9 cm³/mol. The number of carboxylic acids is 1. The number of carboxylic acid groups (broad SMARTS) is 1. The number of rotatable bonds is 7. The fourth-order valence-corrected chi connectivity index (χ4v) is 2.82. The number of nitrogens with zero attached hydrogens (tertiary/aromatic N) is 1. The number of benzene rings is 1. The fraction of sp³-hybridized carbons (Fsp3) is 0.529. The Balaban J connectivity index is 2.06. The second-order valence-electron chi connectivity index (χ2n) is 6.41. The number of carbonyl (C=O) groups excluding carboxylic acids is 1. The van der Waals surface area contributed by atoms with Crippen LogP contribution in [-0.2, 0) is 9.59 Å². The molecule has 0 saturated heterocycles. The minimum atomic E-state index is -0.963. The van der Waals surface area contributed by atoms with Crippen LogP contribution < -0.4 is 0 Å². The van der Waals surface area contributed by atoms with Gasteiger partial charge in [0.15, 0.2) is 11.6 Å². The topological polar surface area (TPSA) is 57.6 Å². The zero-order chi connectivity index (χ0) is 17.1. The second kappa shape index (κ2) is 7.06. The van der Waals surface area contributed by atoms with E-state index >= 15 is 0 Å². The number of halogens is 2. The average Bonchev–Trinajstić information content (AvgIpc) is 3.25. The van der Waals surface area contributed by atoms with E-state index in [0.29, 0.717) is 13.0 Å². The minimum Gasteiger partial charge on any atom is -0.481 e. The molecule has 0 aromatic heterocycles. The van der Waals surface area contributed by atoms with E-state index in [-0.39, 0.29) is 42.2 Å². The molecule has 0 heterocycles. The normalized spacial score (nSPS) is 19.7. The number of amides is 1. The Bertz CT molecular complexity index is 604. The number of hydrogen-bond acceptors (Lipinski definition) is 2. The van der Waals surface area contributed by atoms with Gasteiger partial charge in [-0.25, -0.2) is 8.78 Å². The van der Waals surface area contributed by atoms with Crippen molar-refractivity contribution in [3.8, 4) is 0 Å². The fourth-order valence-electron chi connectivity index (χ4n) is 2.82. The lowest BCUT2D eigenvalue weighted by Gasteiger charge is -2.24. The van der Waals surface area contributed by atoms with Crippen molar-refractivity contribution >= 4 is 11.9 Å². The van der Waals surface area contributed by atoms with Crippen LogP contribution in [0.3, 0.4) is 0 Å². The Morgan fingerprint density at radius 3 is 2.65 bits per heavy atom. The first-order chi connectivity index (χ1) is 10.8. The van der Waals surface area contributed by atoms with E-state index in [4.69, 9.17) is 5.11 Å². The van der Waals surface area contributed by atoms with Gasteiger partial charge < -0.3 is 10.0 Å². The standard InChI is InChI=1S/C17H21F2NO3/c1-10(2)9-20(7-6-15(21)22)17(23)13-8-12(13)11-4-3-5-14(18)16(11)19/h3-5,10,12-13H,6-9H2,1-2H3,(H,21,22). The highest BCUT2D eigenvalue weighted by molar-refractivity contribution is 5.83. The molecule has 0 spiro atoms. The Morgan fingerprint density at radius 1 is 1.35 bits per heavy atom. The van der Waals surface area contributed by atoms with Crippen molar-refractivity contribution in [2.75, 3.05) is 13.1 Å². The lowest BCUT2D eigenvalue weighted by atomic mass is 10.1. The molecule has 23 heavy (non-hydrogen) atoms. The third-order valence-corrected chi connectivity index (χ3v) is 3.98. The molecule has 1 aliphatic carbocycles. The van der Waals surface area contributed by atoms with E-state index in [1.807, 2.05) is 13.8 Å². The summed E-state index contributed by atoms with van der Waals surface area (Å²) >= 11 is 0. The van der Waals surface area contributed by atoms with Crippen LogP contribution in [-0.4, -0.2) is 35.0 Å². The maximum atomic E-state index is 13.8. The largest absolute Gasteiger partial charge is 0.481 e. The average molecular weight is 325 g/mol. The minimum absolute atomic E-state index is 0.121. The summed E-state index contributed by atoms with van der Waals surface area (Å²) in [5.41, 5.74) is 0.228. The van der Waals surface area contributed by atoms with Gasteiger partial charge in [-0.1, -0.05) is 26.0 Å². The van der Waals surface area contributed by atoms with E-state index in [1.165, 1.54) is 17.0 Å². The molecule has 0 aliphatic heterocycles. The first kappa shape index (κ1) is 17.4. The van der Waals surface area contributed by atoms with Gasteiger partial charge in [0.1, 0.15) is 0 Å². The van der Waals surface area contributed by atoms with Gasteiger partial charge in [-0.3, -0.25) is 9.59 Å². The maximum absolute atomic E-state index is 13.8. The zero-order valence-corrected chi connectivity index (χ0v) is 13.3. The first-order valence-corrected chi connectivity index (χ1v) is 7.75. The van der Waals surface area contributed by atoms with Crippen LogP contribution in [0.1, 0.15) is 38.2 Å². The van der Waals surface area contributed by atoms with Gasteiger partial charge in [-0.15, -0.1) is 0 Å². The van der Waals surface area contributed by atoms with Gasteiger partial charge in [0.25, 0.3) is 0 Å². The molecule has 1 N–H and O–H groups in total.